The quantitative estimate of drug-likeness (QED) is 0.816. The van der Waals surface area contributed by atoms with Gasteiger partial charge in [-0.05, 0) is 54.6 Å². The van der Waals surface area contributed by atoms with E-state index in [-0.39, 0.29) is 11.9 Å². The molecule has 2 nitrogen and oxygen atoms in total. The molecule has 1 unspecified atom stereocenters. The van der Waals surface area contributed by atoms with Crippen LogP contribution in [-0.2, 0) is 6.42 Å². The van der Waals surface area contributed by atoms with E-state index in [0.29, 0.717) is 0 Å². The predicted molar refractivity (Wildman–Crippen MR) is 77.6 cm³/mol. The molecule has 0 aromatic heterocycles. The SMILES string of the molecule is NSc1ccc(C2CCc3c(F)cccc3N2)cc1. The minimum atomic E-state index is -0.113. The van der Waals surface area contributed by atoms with Gasteiger partial charge in [-0.15, -0.1) is 0 Å². The zero-order chi connectivity index (χ0) is 13.2. The van der Waals surface area contributed by atoms with Gasteiger partial charge < -0.3 is 5.32 Å². The number of hydrogen-bond donors (Lipinski definition) is 2. The molecule has 0 amide bonds. The molecule has 2 aromatic rings. The first-order valence-corrected chi connectivity index (χ1v) is 7.16. The molecule has 2 aromatic carbocycles. The average Bonchev–Trinajstić information content (AvgIpc) is 2.47. The van der Waals surface area contributed by atoms with Crippen LogP contribution in [0.4, 0.5) is 10.1 Å². The Morgan fingerprint density at radius 1 is 1.16 bits per heavy atom. The van der Waals surface area contributed by atoms with E-state index in [1.54, 1.807) is 6.07 Å². The standard InChI is InChI=1S/C15H15FN2S/c16-13-2-1-3-15-12(13)8-9-14(18-15)10-4-6-11(19-17)7-5-10/h1-7,14,18H,8-9,17H2. The maximum absolute atomic E-state index is 13.6. The summed E-state index contributed by atoms with van der Waals surface area (Å²) in [4.78, 5) is 1.05. The van der Waals surface area contributed by atoms with Gasteiger partial charge in [0.25, 0.3) is 0 Å². The molecule has 0 bridgehead atoms. The van der Waals surface area contributed by atoms with E-state index in [2.05, 4.69) is 17.4 Å². The van der Waals surface area contributed by atoms with E-state index in [4.69, 9.17) is 5.14 Å². The van der Waals surface area contributed by atoms with Crippen molar-refractivity contribution >= 4 is 17.6 Å². The predicted octanol–water partition coefficient (Wildman–Crippen LogP) is 3.89. The smallest absolute Gasteiger partial charge is 0.128 e. The Morgan fingerprint density at radius 2 is 1.95 bits per heavy atom. The highest BCUT2D eigenvalue weighted by molar-refractivity contribution is 7.97. The van der Waals surface area contributed by atoms with Crippen molar-refractivity contribution in [3.8, 4) is 0 Å². The van der Waals surface area contributed by atoms with E-state index >= 15 is 0 Å². The van der Waals surface area contributed by atoms with Crippen LogP contribution in [0.3, 0.4) is 0 Å². The van der Waals surface area contributed by atoms with Crippen molar-refractivity contribution in [2.45, 2.75) is 23.8 Å². The van der Waals surface area contributed by atoms with Gasteiger partial charge in [-0.25, -0.2) is 4.39 Å². The van der Waals surface area contributed by atoms with E-state index in [0.717, 1.165) is 29.0 Å². The van der Waals surface area contributed by atoms with Crippen molar-refractivity contribution in [2.75, 3.05) is 5.32 Å². The van der Waals surface area contributed by atoms with Crippen molar-refractivity contribution in [1.82, 2.24) is 0 Å². The molecular formula is C15H15FN2S. The van der Waals surface area contributed by atoms with Crippen LogP contribution in [0, 0.1) is 5.82 Å². The Morgan fingerprint density at radius 3 is 2.68 bits per heavy atom. The number of nitrogens with one attached hydrogen (secondary N) is 1. The summed E-state index contributed by atoms with van der Waals surface area (Å²) in [5.41, 5.74) is 2.93. The lowest BCUT2D eigenvalue weighted by atomic mass is 9.93. The van der Waals surface area contributed by atoms with Crippen molar-refractivity contribution in [3.05, 3.63) is 59.4 Å². The maximum atomic E-state index is 13.6. The van der Waals surface area contributed by atoms with Gasteiger partial charge in [-0.2, -0.15) is 0 Å². The molecule has 1 heterocycles. The monoisotopic (exact) mass is 274 g/mol. The number of rotatable bonds is 2. The summed E-state index contributed by atoms with van der Waals surface area (Å²) in [6.45, 7) is 0. The summed E-state index contributed by atoms with van der Waals surface area (Å²) in [6.07, 6.45) is 1.68. The van der Waals surface area contributed by atoms with Gasteiger partial charge in [0.15, 0.2) is 0 Å². The van der Waals surface area contributed by atoms with Gasteiger partial charge in [-0.1, -0.05) is 18.2 Å². The van der Waals surface area contributed by atoms with Crippen molar-refractivity contribution < 1.29 is 4.39 Å². The van der Waals surface area contributed by atoms with Crippen molar-refractivity contribution in [1.29, 1.82) is 0 Å². The number of nitrogens with two attached hydrogens (primary N) is 1. The second-order valence-electron chi connectivity index (χ2n) is 4.69. The normalized spacial score (nSPS) is 17.7. The molecular weight excluding hydrogens is 259 g/mol. The Labute approximate surface area is 116 Å². The lowest BCUT2D eigenvalue weighted by molar-refractivity contribution is 0.582. The molecule has 1 atom stereocenters. The first-order chi connectivity index (χ1) is 9.28. The summed E-state index contributed by atoms with van der Waals surface area (Å²) in [7, 11) is 0. The highest BCUT2D eigenvalue weighted by Crippen LogP contribution is 2.34. The second kappa shape index (κ2) is 5.23. The van der Waals surface area contributed by atoms with Gasteiger partial charge in [0.05, 0.1) is 6.04 Å². The fraction of sp³-hybridized carbons (Fsp3) is 0.200. The van der Waals surface area contributed by atoms with E-state index in [1.807, 2.05) is 18.2 Å². The number of benzene rings is 2. The molecule has 1 aliphatic heterocycles. The summed E-state index contributed by atoms with van der Waals surface area (Å²) in [5.74, 6) is -0.113. The summed E-state index contributed by atoms with van der Waals surface area (Å²) in [6, 6.07) is 13.6. The second-order valence-corrected chi connectivity index (χ2v) is 5.40. The maximum Gasteiger partial charge on any atom is 0.128 e. The third-order valence-corrected chi connectivity index (χ3v) is 4.09. The number of fused-ring (bicyclic) bond motifs is 1. The molecule has 19 heavy (non-hydrogen) atoms. The molecule has 4 heteroatoms. The zero-order valence-electron chi connectivity index (χ0n) is 10.4. The molecule has 3 rings (SSSR count). The van der Waals surface area contributed by atoms with Crippen LogP contribution in [0.15, 0.2) is 47.4 Å². The molecule has 1 aliphatic rings. The highest BCUT2D eigenvalue weighted by atomic mass is 32.2. The molecule has 0 fully saturated rings. The lowest BCUT2D eigenvalue weighted by Crippen LogP contribution is -2.18. The Hall–Kier alpha value is -1.52. The Bertz CT molecular complexity index is 583. The zero-order valence-corrected chi connectivity index (χ0v) is 11.2. The number of halogens is 1. The number of anilines is 1. The first kappa shape index (κ1) is 12.5. The largest absolute Gasteiger partial charge is 0.378 e. The average molecular weight is 274 g/mol. The summed E-state index contributed by atoms with van der Waals surface area (Å²) in [5, 5.41) is 8.93. The van der Waals surface area contributed by atoms with Gasteiger partial charge in [0, 0.05) is 16.1 Å². The van der Waals surface area contributed by atoms with Crippen LogP contribution in [0.2, 0.25) is 0 Å². The van der Waals surface area contributed by atoms with Crippen LogP contribution in [0.1, 0.15) is 23.6 Å². The van der Waals surface area contributed by atoms with Crippen molar-refractivity contribution in [2.24, 2.45) is 5.14 Å². The summed E-state index contributed by atoms with van der Waals surface area (Å²) < 4.78 is 13.6. The van der Waals surface area contributed by atoms with Crippen LogP contribution in [0.5, 0.6) is 0 Å². The molecule has 98 valence electrons. The van der Waals surface area contributed by atoms with Crippen LogP contribution < -0.4 is 10.5 Å². The third kappa shape index (κ3) is 2.46. The summed E-state index contributed by atoms with van der Waals surface area (Å²) >= 11 is 1.24. The van der Waals surface area contributed by atoms with Crippen LogP contribution >= 0.6 is 11.9 Å². The minimum absolute atomic E-state index is 0.113. The lowest BCUT2D eigenvalue weighted by Gasteiger charge is -2.27. The van der Waals surface area contributed by atoms with E-state index < -0.39 is 0 Å². The Kier molecular flexibility index (Phi) is 3.44. The number of hydrogen-bond acceptors (Lipinski definition) is 3. The van der Waals surface area contributed by atoms with E-state index in [1.165, 1.54) is 23.6 Å². The van der Waals surface area contributed by atoms with Crippen molar-refractivity contribution in [3.63, 3.8) is 0 Å². The molecule has 0 spiro atoms. The van der Waals surface area contributed by atoms with Gasteiger partial charge in [-0.3, -0.25) is 5.14 Å². The molecule has 0 saturated carbocycles. The molecule has 3 N–H and O–H groups in total. The molecule has 0 aliphatic carbocycles. The fourth-order valence-electron chi connectivity index (χ4n) is 2.53. The third-order valence-electron chi connectivity index (χ3n) is 3.55. The Balaban J connectivity index is 1.85. The van der Waals surface area contributed by atoms with Crippen LogP contribution in [-0.4, -0.2) is 0 Å². The van der Waals surface area contributed by atoms with E-state index in [9.17, 15) is 4.39 Å². The van der Waals surface area contributed by atoms with Gasteiger partial charge >= 0.3 is 0 Å². The molecule has 0 radical (unpaired) electrons. The minimum Gasteiger partial charge on any atom is -0.378 e. The highest BCUT2D eigenvalue weighted by Gasteiger charge is 2.21. The van der Waals surface area contributed by atoms with Gasteiger partial charge in [0.2, 0.25) is 0 Å². The first-order valence-electron chi connectivity index (χ1n) is 6.28. The fourth-order valence-corrected chi connectivity index (χ4v) is 2.82. The molecule has 0 saturated heterocycles. The van der Waals surface area contributed by atoms with Crippen LogP contribution in [0.25, 0.3) is 0 Å². The topological polar surface area (TPSA) is 38.0 Å². The van der Waals surface area contributed by atoms with Gasteiger partial charge in [0.1, 0.15) is 5.82 Å².